The SMILES string of the molecule is CCN(CC)S(=O)(=O)N1CCN(C(C)C(=O)N2CCOCC2)CC1. The fourth-order valence-electron chi connectivity index (χ4n) is 3.24. The Morgan fingerprint density at radius 2 is 1.58 bits per heavy atom. The van der Waals surface area contributed by atoms with Crippen LogP contribution in [0.15, 0.2) is 0 Å². The molecule has 8 nitrogen and oxygen atoms in total. The minimum Gasteiger partial charge on any atom is -0.378 e. The summed E-state index contributed by atoms with van der Waals surface area (Å²) in [6, 6.07) is -0.221. The second-order valence-electron chi connectivity index (χ2n) is 6.14. The molecule has 0 N–H and O–H groups in total. The highest BCUT2D eigenvalue weighted by Crippen LogP contribution is 2.15. The monoisotopic (exact) mass is 362 g/mol. The Balaban J connectivity index is 1.91. The second-order valence-corrected chi connectivity index (χ2v) is 8.07. The first-order valence-corrected chi connectivity index (χ1v) is 10.2. The highest BCUT2D eigenvalue weighted by molar-refractivity contribution is 7.86. The Morgan fingerprint density at radius 3 is 2.08 bits per heavy atom. The fourth-order valence-corrected chi connectivity index (χ4v) is 4.84. The van der Waals surface area contributed by atoms with Crippen molar-refractivity contribution in [2.75, 3.05) is 65.6 Å². The summed E-state index contributed by atoms with van der Waals surface area (Å²) in [4.78, 5) is 16.5. The van der Waals surface area contributed by atoms with Gasteiger partial charge in [-0.1, -0.05) is 13.8 Å². The lowest BCUT2D eigenvalue weighted by Gasteiger charge is -2.40. The van der Waals surface area contributed by atoms with Gasteiger partial charge in [-0.25, -0.2) is 0 Å². The van der Waals surface area contributed by atoms with E-state index in [1.54, 1.807) is 0 Å². The number of nitrogens with zero attached hydrogens (tertiary/aromatic N) is 4. The van der Waals surface area contributed by atoms with E-state index in [0.29, 0.717) is 65.6 Å². The van der Waals surface area contributed by atoms with Crippen LogP contribution in [0.4, 0.5) is 0 Å². The normalized spacial score (nSPS) is 22.8. The van der Waals surface area contributed by atoms with E-state index >= 15 is 0 Å². The molecule has 0 spiro atoms. The van der Waals surface area contributed by atoms with Crippen molar-refractivity contribution in [2.45, 2.75) is 26.8 Å². The highest BCUT2D eigenvalue weighted by atomic mass is 32.2. The van der Waals surface area contributed by atoms with Gasteiger partial charge >= 0.3 is 0 Å². The third-order valence-electron chi connectivity index (χ3n) is 4.86. The van der Waals surface area contributed by atoms with Crippen molar-refractivity contribution in [1.82, 2.24) is 18.4 Å². The number of ether oxygens (including phenoxy) is 1. The van der Waals surface area contributed by atoms with E-state index in [1.807, 2.05) is 25.7 Å². The molecule has 0 saturated carbocycles. The van der Waals surface area contributed by atoms with E-state index in [0.717, 1.165) is 0 Å². The molecule has 2 aliphatic heterocycles. The van der Waals surface area contributed by atoms with Crippen LogP contribution in [0.1, 0.15) is 20.8 Å². The van der Waals surface area contributed by atoms with Crippen molar-refractivity contribution < 1.29 is 17.9 Å². The van der Waals surface area contributed by atoms with Crippen LogP contribution in [-0.4, -0.2) is 104 Å². The van der Waals surface area contributed by atoms with Gasteiger partial charge in [0, 0.05) is 52.4 Å². The molecule has 0 aromatic heterocycles. The number of hydrogen-bond acceptors (Lipinski definition) is 5. The fraction of sp³-hybridized carbons (Fsp3) is 0.933. The van der Waals surface area contributed by atoms with Gasteiger partial charge in [-0.15, -0.1) is 0 Å². The van der Waals surface area contributed by atoms with Crippen molar-refractivity contribution in [3.63, 3.8) is 0 Å². The summed E-state index contributed by atoms with van der Waals surface area (Å²) in [5.74, 6) is 0.110. The summed E-state index contributed by atoms with van der Waals surface area (Å²) in [6.07, 6.45) is 0. The largest absolute Gasteiger partial charge is 0.378 e. The smallest absolute Gasteiger partial charge is 0.282 e. The first kappa shape index (κ1) is 19.6. The molecule has 1 atom stereocenters. The zero-order chi connectivity index (χ0) is 17.7. The number of hydrogen-bond donors (Lipinski definition) is 0. The van der Waals surface area contributed by atoms with E-state index in [1.165, 1.54) is 8.61 Å². The minimum atomic E-state index is -3.39. The molecular weight excluding hydrogens is 332 g/mol. The summed E-state index contributed by atoms with van der Waals surface area (Å²) in [5.41, 5.74) is 0. The molecule has 2 rings (SSSR count). The van der Waals surface area contributed by atoms with Crippen molar-refractivity contribution in [3.05, 3.63) is 0 Å². The van der Waals surface area contributed by atoms with E-state index in [2.05, 4.69) is 4.90 Å². The molecule has 0 aliphatic carbocycles. The van der Waals surface area contributed by atoms with Crippen LogP contribution in [0.3, 0.4) is 0 Å². The van der Waals surface area contributed by atoms with Gasteiger partial charge in [0.25, 0.3) is 10.2 Å². The second kappa shape index (κ2) is 8.57. The molecule has 2 aliphatic rings. The quantitative estimate of drug-likeness (QED) is 0.633. The molecule has 0 aromatic carbocycles. The Hall–Kier alpha value is -0.740. The number of rotatable bonds is 6. The van der Waals surface area contributed by atoms with Gasteiger partial charge in [0.15, 0.2) is 0 Å². The Bertz CT molecular complexity index is 510. The molecule has 9 heteroatoms. The topological polar surface area (TPSA) is 73.4 Å². The zero-order valence-electron chi connectivity index (χ0n) is 15.0. The number of piperazine rings is 1. The first-order valence-electron chi connectivity index (χ1n) is 8.77. The molecule has 1 amide bonds. The number of carbonyl (C=O) groups excluding carboxylic acids is 1. The van der Waals surface area contributed by atoms with Crippen molar-refractivity contribution in [2.24, 2.45) is 0 Å². The van der Waals surface area contributed by atoms with Gasteiger partial charge in [0.05, 0.1) is 19.3 Å². The average Bonchev–Trinajstić information content (AvgIpc) is 2.62. The van der Waals surface area contributed by atoms with Gasteiger partial charge in [0.1, 0.15) is 0 Å². The van der Waals surface area contributed by atoms with Crippen LogP contribution in [-0.2, 0) is 19.7 Å². The lowest BCUT2D eigenvalue weighted by Crippen LogP contribution is -2.58. The molecule has 2 fully saturated rings. The summed E-state index contributed by atoms with van der Waals surface area (Å²) in [5, 5.41) is 0. The van der Waals surface area contributed by atoms with E-state index in [4.69, 9.17) is 4.74 Å². The molecule has 140 valence electrons. The van der Waals surface area contributed by atoms with Crippen LogP contribution in [0.25, 0.3) is 0 Å². The van der Waals surface area contributed by atoms with Crippen molar-refractivity contribution >= 4 is 16.1 Å². The highest BCUT2D eigenvalue weighted by Gasteiger charge is 2.34. The van der Waals surface area contributed by atoms with Crippen LogP contribution in [0, 0.1) is 0 Å². The maximum Gasteiger partial charge on any atom is 0.282 e. The average molecular weight is 362 g/mol. The lowest BCUT2D eigenvalue weighted by atomic mass is 10.2. The third kappa shape index (κ3) is 4.26. The predicted octanol–water partition coefficient (Wildman–Crippen LogP) is -0.562. The van der Waals surface area contributed by atoms with E-state index in [9.17, 15) is 13.2 Å². The maximum atomic E-state index is 12.6. The molecule has 0 aromatic rings. The van der Waals surface area contributed by atoms with Gasteiger partial charge < -0.3 is 9.64 Å². The summed E-state index contributed by atoms with van der Waals surface area (Å²) in [6.45, 7) is 11.0. The molecule has 0 bridgehead atoms. The van der Waals surface area contributed by atoms with E-state index < -0.39 is 10.2 Å². The van der Waals surface area contributed by atoms with Crippen molar-refractivity contribution in [1.29, 1.82) is 0 Å². The number of morpholine rings is 1. The third-order valence-corrected chi connectivity index (χ3v) is 7.05. The molecule has 2 saturated heterocycles. The number of amides is 1. The Labute approximate surface area is 145 Å². The van der Waals surface area contributed by atoms with Crippen LogP contribution >= 0.6 is 0 Å². The number of carbonyl (C=O) groups is 1. The molecule has 24 heavy (non-hydrogen) atoms. The lowest BCUT2D eigenvalue weighted by molar-refractivity contribution is -0.141. The van der Waals surface area contributed by atoms with Crippen molar-refractivity contribution in [3.8, 4) is 0 Å². The molecule has 1 unspecified atom stereocenters. The van der Waals surface area contributed by atoms with Crippen LogP contribution in [0.2, 0.25) is 0 Å². The Kier molecular flexibility index (Phi) is 6.99. The first-order chi connectivity index (χ1) is 11.4. The summed E-state index contributed by atoms with van der Waals surface area (Å²) >= 11 is 0. The van der Waals surface area contributed by atoms with Gasteiger partial charge in [-0.05, 0) is 6.92 Å². The summed E-state index contributed by atoms with van der Waals surface area (Å²) in [7, 11) is -3.39. The molecular formula is C15H30N4O4S. The molecule has 2 heterocycles. The standard InChI is InChI=1S/C15H30N4O4S/c1-4-18(5-2)24(21,22)19-8-6-16(7-9-19)14(3)15(20)17-10-12-23-13-11-17/h14H,4-13H2,1-3H3. The van der Waals surface area contributed by atoms with Crippen LogP contribution in [0.5, 0.6) is 0 Å². The van der Waals surface area contributed by atoms with Crippen LogP contribution < -0.4 is 0 Å². The molecule has 0 radical (unpaired) electrons. The van der Waals surface area contributed by atoms with Gasteiger partial charge in [-0.3, -0.25) is 9.69 Å². The maximum absolute atomic E-state index is 12.6. The minimum absolute atomic E-state index is 0.110. The zero-order valence-corrected chi connectivity index (χ0v) is 15.8. The summed E-state index contributed by atoms with van der Waals surface area (Å²) < 4.78 is 33.4. The predicted molar refractivity (Wildman–Crippen MR) is 91.8 cm³/mol. The van der Waals surface area contributed by atoms with Gasteiger partial charge in [0.2, 0.25) is 5.91 Å². The van der Waals surface area contributed by atoms with E-state index in [-0.39, 0.29) is 11.9 Å². The van der Waals surface area contributed by atoms with Gasteiger partial charge in [-0.2, -0.15) is 17.0 Å². The Morgan fingerprint density at radius 1 is 1.04 bits per heavy atom.